The molecule has 1 heterocycles. The lowest BCUT2D eigenvalue weighted by molar-refractivity contribution is 0.660. The summed E-state index contributed by atoms with van der Waals surface area (Å²) in [6.45, 7) is 4.66. The van der Waals surface area contributed by atoms with Crippen LogP contribution in [0.3, 0.4) is 0 Å². The molecule has 1 spiro atoms. The Morgan fingerprint density at radius 3 is 1.36 bits per heavy atom. The number of fused-ring (bicyclic) bond motifs is 13. The first kappa shape index (κ1) is 33.0. The first-order valence-corrected chi connectivity index (χ1v) is 20.2. The number of rotatable bonds is 4. The first-order chi connectivity index (χ1) is 28.5. The van der Waals surface area contributed by atoms with Crippen molar-refractivity contribution in [2.45, 2.75) is 24.7 Å². The molecule has 3 aliphatic rings. The summed E-state index contributed by atoms with van der Waals surface area (Å²) in [6.07, 6.45) is 0. The molecule has 0 radical (unpaired) electrons. The molecule has 8 aromatic carbocycles. The van der Waals surface area contributed by atoms with Gasteiger partial charge in [-0.05, 0) is 102 Å². The van der Waals surface area contributed by atoms with Gasteiger partial charge >= 0.3 is 0 Å². The van der Waals surface area contributed by atoms with Crippen molar-refractivity contribution < 1.29 is 0 Å². The van der Waals surface area contributed by atoms with E-state index in [0.717, 1.165) is 33.6 Å². The smallest absolute Gasteiger partial charge is 0.160 e. The molecule has 12 rings (SSSR count). The van der Waals surface area contributed by atoms with E-state index in [9.17, 15) is 0 Å². The van der Waals surface area contributed by atoms with Crippen molar-refractivity contribution in [3.05, 3.63) is 228 Å². The van der Waals surface area contributed by atoms with Crippen LogP contribution in [0, 0.1) is 0 Å². The van der Waals surface area contributed by atoms with Crippen molar-refractivity contribution in [1.82, 2.24) is 9.97 Å². The number of hydrogen-bond donors (Lipinski definition) is 0. The van der Waals surface area contributed by atoms with Crippen molar-refractivity contribution in [2.75, 3.05) is 0 Å². The predicted molar refractivity (Wildman–Crippen MR) is 238 cm³/mol. The van der Waals surface area contributed by atoms with Crippen LogP contribution in [0.2, 0.25) is 0 Å². The Balaban J connectivity index is 1.01. The number of hydrogen-bond acceptors (Lipinski definition) is 2. The molecule has 2 nitrogen and oxygen atoms in total. The monoisotopic (exact) mass is 738 g/mol. The Hall–Kier alpha value is -7.16. The van der Waals surface area contributed by atoms with Crippen LogP contribution in [0.25, 0.3) is 78.4 Å². The summed E-state index contributed by atoms with van der Waals surface area (Å²) in [5.74, 6) is 0.713. The van der Waals surface area contributed by atoms with E-state index in [1.807, 2.05) is 0 Å². The van der Waals surface area contributed by atoms with Gasteiger partial charge in [-0.15, -0.1) is 0 Å². The van der Waals surface area contributed by atoms with Crippen molar-refractivity contribution in [3.8, 4) is 78.4 Å². The minimum atomic E-state index is -0.388. The van der Waals surface area contributed by atoms with E-state index >= 15 is 0 Å². The van der Waals surface area contributed by atoms with Gasteiger partial charge in [-0.25, -0.2) is 9.97 Å². The van der Waals surface area contributed by atoms with Crippen molar-refractivity contribution >= 4 is 0 Å². The SMILES string of the molecule is CC1(C)c2ccccc2-c2ccc(-c3cc(-c4ccccc4)nc(-c4cccc(-c5ccc6c(c5)C5(c7ccccc7-c7ccccc75)c5ccccc5-6)c4)n3)cc21. The van der Waals surface area contributed by atoms with Gasteiger partial charge in [0.05, 0.1) is 16.8 Å². The van der Waals surface area contributed by atoms with Gasteiger partial charge in [0.2, 0.25) is 0 Å². The van der Waals surface area contributed by atoms with Gasteiger partial charge in [0.15, 0.2) is 5.82 Å². The summed E-state index contributed by atoms with van der Waals surface area (Å²) in [5, 5.41) is 0. The zero-order valence-corrected chi connectivity index (χ0v) is 32.4. The predicted octanol–water partition coefficient (Wildman–Crippen LogP) is 13.8. The van der Waals surface area contributed by atoms with E-state index in [-0.39, 0.29) is 10.8 Å². The Bertz CT molecular complexity index is 3090. The highest BCUT2D eigenvalue weighted by Crippen LogP contribution is 2.63. The van der Waals surface area contributed by atoms with Crippen LogP contribution in [0.5, 0.6) is 0 Å². The maximum atomic E-state index is 5.34. The summed E-state index contributed by atoms with van der Waals surface area (Å²) in [6, 6.07) is 71.1. The molecular formula is C56H38N2. The van der Waals surface area contributed by atoms with E-state index in [0.29, 0.717) is 5.82 Å². The molecule has 1 aromatic heterocycles. The van der Waals surface area contributed by atoms with Crippen LogP contribution in [0.4, 0.5) is 0 Å². The second-order valence-corrected chi connectivity index (χ2v) is 16.5. The van der Waals surface area contributed by atoms with E-state index in [2.05, 4.69) is 208 Å². The normalized spacial score (nSPS) is 14.3. The molecule has 0 saturated carbocycles. The maximum Gasteiger partial charge on any atom is 0.160 e. The summed E-state index contributed by atoms with van der Waals surface area (Å²) in [5.41, 5.74) is 22.7. The van der Waals surface area contributed by atoms with Gasteiger partial charge in [-0.1, -0.05) is 184 Å². The van der Waals surface area contributed by atoms with Crippen LogP contribution >= 0.6 is 0 Å². The second kappa shape index (κ2) is 12.2. The zero-order chi connectivity index (χ0) is 38.6. The number of aromatic nitrogens is 2. The highest BCUT2D eigenvalue weighted by atomic mass is 14.9. The maximum absolute atomic E-state index is 5.34. The third-order valence-corrected chi connectivity index (χ3v) is 13.1. The fourth-order valence-electron chi connectivity index (χ4n) is 10.5. The van der Waals surface area contributed by atoms with Crippen LogP contribution in [-0.2, 0) is 10.8 Å². The van der Waals surface area contributed by atoms with Crippen molar-refractivity contribution in [1.29, 1.82) is 0 Å². The fraction of sp³-hybridized carbons (Fsp3) is 0.0714. The molecular weight excluding hydrogens is 701 g/mol. The van der Waals surface area contributed by atoms with E-state index in [4.69, 9.17) is 9.97 Å². The molecule has 58 heavy (non-hydrogen) atoms. The lowest BCUT2D eigenvalue weighted by Gasteiger charge is -2.30. The van der Waals surface area contributed by atoms with Crippen LogP contribution < -0.4 is 0 Å². The summed E-state index contributed by atoms with van der Waals surface area (Å²) < 4.78 is 0. The molecule has 0 saturated heterocycles. The molecule has 272 valence electrons. The minimum Gasteiger partial charge on any atom is -0.228 e. The molecule has 0 atom stereocenters. The molecule has 0 amide bonds. The van der Waals surface area contributed by atoms with Crippen LogP contribution in [-0.4, -0.2) is 9.97 Å². The molecule has 0 unspecified atom stereocenters. The molecule has 2 heteroatoms. The molecule has 0 fully saturated rings. The standard InChI is InChI=1S/C56H38N2/c1-55(2)46-23-10-6-19-40(46)44-30-28-38(33-50(44)55)53-34-52(35-15-4-3-5-16-35)57-54(58-53)39-18-14-17-36(31-39)37-27-29-45-43-22-9-13-26-49(43)56(51(45)32-37)47-24-11-7-20-41(47)42-21-8-12-25-48(42)56/h3-34H,1-2H3. The average molecular weight is 739 g/mol. The zero-order valence-electron chi connectivity index (χ0n) is 32.4. The van der Waals surface area contributed by atoms with E-state index in [1.54, 1.807) is 0 Å². The minimum absolute atomic E-state index is 0.104. The summed E-state index contributed by atoms with van der Waals surface area (Å²) in [7, 11) is 0. The third kappa shape index (κ3) is 4.54. The molecule has 0 bridgehead atoms. The third-order valence-electron chi connectivity index (χ3n) is 13.1. The largest absolute Gasteiger partial charge is 0.228 e. The summed E-state index contributed by atoms with van der Waals surface area (Å²) >= 11 is 0. The first-order valence-electron chi connectivity index (χ1n) is 20.2. The van der Waals surface area contributed by atoms with Gasteiger partial charge in [0.25, 0.3) is 0 Å². The molecule has 0 aliphatic heterocycles. The fourth-order valence-corrected chi connectivity index (χ4v) is 10.5. The van der Waals surface area contributed by atoms with Gasteiger partial charge in [0, 0.05) is 22.1 Å². The van der Waals surface area contributed by atoms with E-state index < -0.39 is 0 Å². The molecule has 9 aromatic rings. The molecule has 3 aliphatic carbocycles. The van der Waals surface area contributed by atoms with Crippen LogP contribution in [0.1, 0.15) is 47.2 Å². The Labute approximate surface area is 339 Å². The van der Waals surface area contributed by atoms with Gasteiger partial charge in [-0.3, -0.25) is 0 Å². The second-order valence-electron chi connectivity index (χ2n) is 16.5. The lowest BCUT2D eigenvalue weighted by Crippen LogP contribution is -2.25. The number of nitrogens with zero attached hydrogens (tertiary/aromatic N) is 2. The van der Waals surface area contributed by atoms with Gasteiger partial charge in [0.1, 0.15) is 0 Å². The quantitative estimate of drug-likeness (QED) is 0.180. The molecule has 0 N–H and O–H groups in total. The Morgan fingerprint density at radius 1 is 0.293 bits per heavy atom. The van der Waals surface area contributed by atoms with E-state index in [1.165, 1.54) is 72.3 Å². The Morgan fingerprint density at radius 2 is 0.724 bits per heavy atom. The lowest BCUT2D eigenvalue weighted by atomic mass is 9.70. The average Bonchev–Trinajstić information content (AvgIpc) is 3.85. The van der Waals surface area contributed by atoms with Crippen molar-refractivity contribution in [3.63, 3.8) is 0 Å². The van der Waals surface area contributed by atoms with Gasteiger partial charge < -0.3 is 0 Å². The van der Waals surface area contributed by atoms with Crippen molar-refractivity contribution in [2.24, 2.45) is 0 Å². The summed E-state index contributed by atoms with van der Waals surface area (Å²) in [4.78, 5) is 10.6. The van der Waals surface area contributed by atoms with Crippen LogP contribution in [0.15, 0.2) is 194 Å². The Kier molecular flexibility index (Phi) is 6.93. The highest BCUT2D eigenvalue weighted by Gasteiger charge is 2.51. The highest BCUT2D eigenvalue weighted by molar-refractivity contribution is 5.96. The number of benzene rings is 8. The van der Waals surface area contributed by atoms with Gasteiger partial charge in [-0.2, -0.15) is 0 Å². The topological polar surface area (TPSA) is 25.8 Å².